The summed E-state index contributed by atoms with van der Waals surface area (Å²) < 4.78 is 277. The van der Waals surface area contributed by atoms with E-state index in [9.17, 15) is 0 Å². The fourth-order valence-electron chi connectivity index (χ4n) is 9.35. The van der Waals surface area contributed by atoms with Crippen molar-refractivity contribution in [2.24, 2.45) is 0 Å². The fourth-order valence-corrected chi connectivity index (χ4v) is 9.35. The van der Waals surface area contributed by atoms with Crippen LogP contribution in [0.1, 0.15) is 57.8 Å². The van der Waals surface area contributed by atoms with Crippen molar-refractivity contribution in [2.45, 2.75) is 24.4 Å². The summed E-state index contributed by atoms with van der Waals surface area (Å²) in [5, 5.41) is 0. The molecule has 0 aromatic heterocycles. The van der Waals surface area contributed by atoms with E-state index in [0.29, 0.717) is 0 Å². The van der Waals surface area contributed by atoms with Gasteiger partial charge in [0.15, 0.2) is 46.5 Å². The molecule has 370 valence electrons. The Morgan fingerprint density at radius 1 is 0.361 bits per heavy atom. The lowest BCUT2D eigenvalue weighted by Gasteiger charge is -2.45. The van der Waals surface area contributed by atoms with E-state index in [2.05, 4.69) is 110 Å². The summed E-state index contributed by atoms with van der Waals surface area (Å²) >= 11 is 0. The Hall–Kier alpha value is -6.81. The van der Waals surface area contributed by atoms with Crippen molar-refractivity contribution < 1.29 is 89.2 Å². The van der Waals surface area contributed by atoms with Gasteiger partial charge >= 0.3 is 0 Å². The van der Waals surface area contributed by atoms with Crippen LogP contribution in [0.15, 0.2) is 90.5 Å². The van der Waals surface area contributed by atoms with Gasteiger partial charge in [-0.05, 0) is 24.3 Å². The standard InChI is InChI=1S/C32H12BF16O4.C19H15/c34-17-9(5-1-50-5)18(35)26(43)13(25(17)42)33(14-27(44)19(36)10(6-2-51-6)20(37)28(14)45,15-29(46)21(38)11(7-3-52-7)22(39)30(15)47)16-31(48)23(40)12(8-4-53-8)24(41)32(16)49;1-4-10-16(11-5-1)19(17-12-6-2-7-13-17)18-14-8-3-9-15-18/h5-8H,1-4H2;1-15H/q-1;+1. The first kappa shape index (κ1) is 48.8. The van der Waals surface area contributed by atoms with Gasteiger partial charge in [0.2, 0.25) is 0 Å². The Balaban J connectivity index is 0.000000262. The van der Waals surface area contributed by atoms with Crippen molar-refractivity contribution in [3.05, 3.63) is 223 Å². The highest BCUT2D eigenvalue weighted by Crippen LogP contribution is 2.42. The summed E-state index contributed by atoms with van der Waals surface area (Å²) in [5.41, 5.74) is -13.9. The van der Waals surface area contributed by atoms with Crippen molar-refractivity contribution in [1.82, 2.24) is 0 Å². The van der Waals surface area contributed by atoms with Crippen LogP contribution in [0.3, 0.4) is 0 Å². The van der Waals surface area contributed by atoms with E-state index >= 15 is 70.2 Å². The maximum Gasteiger partial charge on any atom is 0.164 e. The van der Waals surface area contributed by atoms with Crippen molar-refractivity contribution in [3.8, 4) is 0 Å². The van der Waals surface area contributed by atoms with Crippen LogP contribution < -0.4 is 21.9 Å². The third-order valence-corrected chi connectivity index (χ3v) is 12.9. The minimum absolute atomic E-state index is 0.665. The van der Waals surface area contributed by atoms with E-state index in [-0.39, 0.29) is 0 Å². The van der Waals surface area contributed by atoms with Crippen LogP contribution in [-0.2, 0) is 18.9 Å². The van der Waals surface area contributed by atoms with Crippen LogP contribution in [0.4, 0.5) is 70.2 Å². The molecule has 0 spiro atoms. The number of epoxide rings is 4. The zero-order valence-corrected chi connectivity index (χ0v) is 36.1. The largest absolute Gasteiger partial charge is 0.368 e. The number of hydrogen-bond acceptors (Lipinski definition) is 4. The topological polar surface area (TPSA) is 50.1 Å². The molecule has 4 unspecified atom stereocenters. The summed E-state index contributed by atoms with van der Waals surface area (Å²) in [6.45, 7) is -2.66. The first-order valence-corrected chi connectivity index (χ1v) is 21.5. The highest BCUT2D eigenvalue weighted by molar-refractivity contribution is 7.20. The molecular formula is C51H27BF16O4. The molecular weight excluding hydrogens is 991 g/mol. The lowest BCUT2D eigenvalue weighted by Crippen LogP contribution is -2.81. The predicted molar refractivity (Wildman–Crippen MR) is 226 cm³/mol. The Morgan fingerprint density at radius 2 is 0.611 bits per heavy atom. The zero-order valence-electron chi connectivity index (χ0n) is 36.1. The highest BCUT2D eigenvalue weighted by atomic mass is 19.2. The fraction of sp³-hybridized carbons (Fsp3) is 0.157. The number of rotatable bonds is 10. The summed E-state index contributed by atoms with van der Waals surface area (Å²) in [4.78, 5) is 0. The van der Waals surface area contributed by atoms with Gasteiger partial charge in [0.05, 0.1) is 54.3 Å². The third-order valence-electron chi connectivity index (χ3n) is 12.9. The van der Waals surface area contributed by atoms with E-state index in [1.54, 1.807) is 0 Å². The van der Waals surface area contributed by atoms with Crippen molar-refractivity contribution >= 4 is 33.6 Å². The van der Waals surface area contributed by atoms with E-state index < -0.39 is 194 Å². The molecule has 4 atom stereocenters. The first-order chi connectivity index (χ1) is 34.4. The molecule has 11 rings (SSSR count). The van der Waals surface area contributed by atoms with Gasteiger partial charge in [-0.2, -0.15) is 0 Å². The lowest BCUT2D eigenvalue weighted by molar-refractivity contribution is 0.378. The summed E-state index contributed by atoms with van der Waals surface area (Å²) in [6, 6.07) is 21.1. The zero-order chi connectivity index (χ0) is 51.2. The molecule has 4 aliphatic heterocycles. The van der Waals surface area contributed by atoms with Gasteiger partial charge in [-0.1, -0.05) is 36.4 Å². The minimum atomic E-state index is -6.72. The Labute approximate surface area is 396 Å². The molecule has 4 nitrogen and oxygen atoms in total. The van der Waals surface area contributed by atoms with Gasteiger partial charge in [-0.3, -0.25) is 0 Å². The molecule has 0 saturated carbocycles. The monoisotopic (exact) mass is 1020 g/mol. The van der Waals surface area contributed by atoms with Crippen LogP contribution in [0.25, 0.3) is 5.57 Å². The molecule has 6 aromatic carbocycles. The molecule has 0 amide bonds. The number of halogens is 16. The van der Waals surface area contributed by atoms with Gasteiger partial charge in [-0.15, -0.1) is 21.9 Å². The third kappa shape index (κ3) is 7.79. The van der Waals surface area contributed by atoms with Crippen molar-refractivity contribution in [2.75, 3.05) is 26.4 Å². The lowest BCUT2D eigenvalue weighted by atomic mass is 9.12. The van der Waals surface area contributed by atoms with Crippen molar-refractivity contribution in [3.63, 3.8) is 0 Å². The molecule has 4 saturated heterocycles. The van der Waals surface area contributed by atoms with Crippen LogP contribution in [0.5, 0.6) is 0 Å². The molecule has 6 aromatic rings. The molecule has 5 aliphatic rings. The maximum absolute atomic E-state index is 16.5. The second-order valence-electron chi connectivity index (χ2n) is 17.0. The van der Waals surface area contributed by atoms with Gasteiger partial charge in [-0.25, -0.2) is 70.2 Å². The molecule has 0 N–H and O–H groups in total. The van der Waals surface area contributed by atoms with Gasteiger partial charge in [0.1, 0.15) is 82.7 Å². The van der Waals surface area contributed by atoms with Crippen LogP contribution in [0.2, 0.25) is 0 Å². The summed E-state index contributed by atoms with van der Waals surface area (Å²) in [7, 11) is 0. The molecule has 72 heavy (non-hydrogen) atoms. The van der Waals surface area contributed by atoms with E-state index in [1.165, 1.54) is 22.3 Å². The minimum Gasteiger partial charge on any atom is -0.368 e. The molecule has 4 heterocycles. The average molecular weight is 1020 g/mol. The van der Waals surface area contributed by atoms with Crippen LogP contribution in [-0.4, -0.2) is 32.6 Å². The van der Waals surface area contributed by atoms with Gasteiger partial charge in [0.25, 0.3) is 0 Å². The molecule has 21 heteroatoms. The predicted octanol–water partition coefficient (Wildman–Crippen LogP) is 10.4. The number of ether oxygens (including phenoxy) is 4. The number of hydrogen-bond donors (Lipinski definition) is 0. The number of benzene rings is 6. The van der Waals surface area contributed by atoms with E-state index in [1.807, 2.05) is 0 Å². The first-order valence-electron chi connectivity index (χ1n) is 21.5. The average Bonchev–Trinajstić information content (AvgIpc) is 4.14. The van der Waals surface area contributed by atoms with Gasteiger partial charge in [0, 0.05) is 41.9 Å². The Kier molecular flexibility index (Phi) is 12.4. The maximum atomic E-state index is 16.5. The highest BCUT2D eigenvalue weighted by Gasteiger charge is 2.54. The second-order valence-corrected chi connectivity index (χ2v) is 17.0. The smallest absolute Gasteiger partial charge is 0.164 e. The second kappa shape index (κ2) is 18.4. The quantitative estimate of drug-likeness (QED) is 0.0451. The summed E-state index contributed by atoms with van der Waals surface area (Å²) in [5.74, 6) is -46.6. The molecule has 1 aliphatic carbocycles. The van der Waals surface area contributed by atoms with Gasteiger partial charge < -0.3 is 18.9 Å². The Morgan fingerprint density at radius 3 is 0.819 bits per heavy atom. The molecule has 0 radical (unpaired) electrons. The Bertz CT molecular complexity index is 2850. The van der Waals surface area contributed by atoms with Crippen LogP contribution >= 0.6 is 0 Å². The SMILES string of the molecule is C1=C[CH+]C(=C(c2ccccc2)c2ccccc2)C=C1.Fc1c(F)c([B-](c2c(F)c(F)c(C3CO3)c(F)c2F)(c2c(F)c(F)c(C3CO3)c(F)c2F)c2c(F)c(F)c(C3CO3)c(F)c2F)c(F)c(F)c1C1CO1. The normalized spacial score (nSPS) is 20.1. The number of allylic oxidation sites excluding steroid dienone is 5. The molecule has 0 bridgehead atoms. The summed E-state index contributed by atoms with van der Waals surface area (Å²) in [6.07, 6.45) is -3.57. The van der Waals surface area contributed by atoms with Crippen LogP contribution in [0, 0.1) is 99.5 Å². The van der Waals surface area contributed by atoms with Crippen molar-refractivity contribution in [1.29, 1.82) is 0 Å². The van der Waals surface area contributed by atoms with E-state index in [4.69, 9.17) is 0 Å². The molecule has 4 fully saturated rings. The van der Waals surface area contributed by atoms with E-state index in [0.717, 1.165) is 0 Å².